The molecule has 7 nitrogen and oxygen atoms in total. The second kappa shape index (κ2) is 12.9. The molecule has 0 spiro atoms. The molecule has 0 saturated carbocycles. The van der Waals surface area contributed by atoms with Crippen molar-refractivity contribution in [2.45, 2.75) is 33.4 Å². The summed E-state index contributed by atoms with van der Waals surface area (Å²) in [6.45, 7) is 7.44. The monoisotopic (exact) mass is 674 g/mol. The van der Waals surface area contributed by atoms with E-state index in [0.29, 0.717) is 51.0 Å². The van der Waals surface area contributed by atoms with E-state index >= 15 is 0 Å². The third kappa shape index (κ3) is 5.35. The number of hydrogen-bond acceptors (Lipinski definition) is 5. The Balaban J connectivity index is 1.47. The molecule has 1 aliphatic rings. The maximum Gasteiger partial charge on any atom is 0.271 e. The minimum Gasteiger partial charge on any atom is -0.496 e. The van der Waals surface area contributed by atoms with Crippen molar-refractivity contribution in [3.63, 3.8) is 0 Å². The molecule has 0 fully saturated rings. The number of thiazole rings is 1. The molecule has 0 N–H and O–H groups in total. The molecule has 0 radical (unpaired) electrons. The maximum absolute atomic E-state index is 14.7. The van der Waals surface area contributed by atoms with Crippen LogP contribution < -0.4 is 19.6 Å². The normalized spacial score (nSPS) is 14.8. The lowest BCUT2D eigenvalue weighted by molar-refractivity contribution is -0.127. The highest BCUT2D eigenvalue weighted by Gasteiger charge is 2.36. The molecule has 7 rings (SSSR count). The summed E-state index contributed by atoms with van der Waals surface area (Å²) in [6.07, 6.45) is 4.01. The van der Waals surface area contributed by atoms with Gasteiger partial charge in [-0.25, -0.2) is 4.99 Å². The first-order valence-electron chi connectivity index (χ1n) is 16.0. The highest BCUT2D eigenvalue weighted by Crippen LogP contribution is 2.40. The van der Waals surface area contributed by atoms with E-state index < -0.39 is 6.04 Å². The van der Waals surface area contributed by atoms with Crippen LogP contribution in [0.3, 0.4) is 0 Å². The van der Waals surface area contributed by atoms with Crippen molar-refractivity contribution in [1.82, 2.24) is 14.0 Å². The SMILES string of the molecule is CCN(CC)C(=O)C1=C(C)N=c2s/c(=C/c3cn(Cc4ccccc4Cl)c4ccccc34)c(=O)n2[C@H]1c1c(OC)ccc2ccccc12. The largest absolute Gasteiger partial charge is 0.496 e. The quantitative estimate of drug-likeness (QED) is 0.176. The smallest absolute Gasteiger partial charge is 0.271 e. The summed E-state index contributed by atoms with van der Waals surface area (Å²) < 4.78 is 10.3. The fourth-order valence-corrected chi connectivity index (χ4v) is 7.99. The van der Waals surface area contributed by atoms with Crippen molar-refractivity contribution in [3.8, 4) is 5.75 Å². The van der Waals surface area contributed by atoms with Gasteiger partial charge in [-0.2, -0.15) is 0 Å². The van der Waals surface area contributed by atoms with Crippen LogP contribution in [0.4, 0.5) is 0 Å². The van der Waals surface area contributed by atoms with Gasteiger partial charge in [-0.1, -0.05) is 89.7 Å². The lowest BCUT2D eigenvalue weighted by Crippen LogP contribution is -2.43. The van der Waals surface area contributed by atoms with Crippen molar-refractivity contribution in [3.05, 3.63) is 144 Å². The molecule has 2 aromatic heterocycles. The van der Waals surface area contributed by atoms with Crippen LogP contribution in [-0.2, 0) is 11.3 Å². The summed E-state index contributed by atoms with van der Waals surface area (Å²) in [4.78, 5) is 36.2. The van der Waals surface area contributed by atoms with Gasteiger partial charge in [0.1, 0.15) is 11.8 Å². The van der Waals surface area contributed by atoms with Crippen LogP contribution in [0.5, 0.6) is 5.75 Å². The van der Waals surface area contributed by atoms with Gasteiger partial charge in [0.05, 0.1) is 22.9 Å². The average molecular weight is 675 g/mol. The summed E-state index contributed by atoms with van der Waals surface area (Å²) in [7, 11) is 1.62. The lowest BCUT2D eigenvalue weighted by Gasteiger charge is -2.30. The number of para-hydroxylation sites is 1. The molecule has 3 heterocycles. The predicted octanol–water partition coefficient (Wildman–Crippen LogP) is 6.92. The molecule has 0 aliphatic carbocycles. The third-order valence-electron chi connectivity index (χ3n) is 9.13. The van der Waals surface area contributed by atoms with Gasteiger partial charge < -0.3 is 14.2 Å². The van der Waals surface area contributed by atoms with Crippen molar-refractivity contribution >= 4 is 56.6 Å². The number of fused-ring (bicyclic) bond motifs is 3. The summed E-state index contributed by atoms with van der Waals surface area (Å²) in [5.41, 5.74) is 4.59. The van der Waals surface area contributed by atoms with Crippen LogP contribution in [0.25, 0.3) is 27.8 Å². The average Bonchev–Trinajstić information content (AvgIpc) is 3.60. The molecular weight excluding hydrogens is 640 g/mol. The number of methoxy groups -OCH3 is 1. The Labute approximate surface area is 287 Å². The van der Waals surface area contributed by atoms with E-state index in [2.05, 4.69) is 22.9 Å². The van der Waals surface area contributed by atoms with Crippen molar-refractivity contribution in [2.75, 3.05) is 20.2 Å². The minimum atomic E-state index is -0.737. The summed E-state index contributed by atoms with van der Waals surface area (Å²) >= 11 is 7.87. The number of allylic oxidation sites excluding steroid dienone is 1. The zero-order chi connectivity index (χ0) is 33.5. The number of ether oxygens (including phenoxy) is 1. The highest BCUT2D eigenvalue weighted by molar-refractivity contribution is 7.07. The third-order valence-corrected chi connectivity index (χ3v) is 10.5. The number of hydrogen-bond donors (Lipinski definition) is 0. The van der Waals surface area contributed by atoms with Gasteiger partial charge in [-0.05, 0) is 61.4 Å². The van der Waals surface area contributed by atoms with Gasteiger partial charge in [-0.3, -0.25) is 14.2 Å². The van der Waals surface area contributed by atoms with Crippen molar-refractivity contribution in [2.24, 2.45) is 4.99 Å². The standard InChI is InChI=1S/C39H35ClN4O3S/c1-5-42(6-2)38(46)34-24(3)41-39-44(36(34)35-29-16-9-7-13-25(29)19-20-32(35)47-4)37(45)33(48-39)21-27-23-43(31-18-12-10-15-28(27)31)22-26-14-8-11-17-30(26)40/h7-21,23,36H,5-6,22H2,1-4H3/b33-21+/t36-/m1/s1. The Bertz CT molecular complexity index is 2430. The molecule has 9 heteroatoms. The van der Waals surface area contributed by atoms with Crippen LogP contribution in [0.15, 0.2) is 112 Å². The fraction of sp³-hybridized carbons (Fsp3) is 0.205. The van der Waals surface area contributed by atoms with Crippen LogP contribution in [0.2, 0.25) is 5.02 Å². The predicted molar refractivity (Wildman–Crippen MR) is 195 cm³/mol. The Kier molecular flexibility index (Phi) is 8.54. The number of aromatic nitrogens is 2. The fourth-order valence-electron chi connectivity index (χ4n) is 6.76. The lowest BCUT2D eigenvalue weighted by atomic mass is 9.90. The Morgan fingerprint density at radius 1 is 0.979 bits per heavy atom. The maximum atomic E-state index is 14.7. The van der Waals surface area contributed by atoms with Crippen molar-refractivity contribution in [1.29, 1.82) is 0 Å². The van der Waals surface area contributed by atoms with E-state index in [1.807, 2.05) is 99.6 Å². The van der Waals surface area contributed by atoms with Crippen LogP contribution in [-0.4, -0.2) is 40.1 Å². The highest BCUT2D eigenvalue weighted by atomic mass is 35.5. The van der Waals surface area contributed by atoms with E-state index in [-0.39, 0.29) is 11.5 Å². The number of likely N-dealkylation sites (N-methyl/N-ethyl adjacent to an activating group) is 1. The summed E-state index contributed by atoms with van der Waals surface area (Å²) in [5.74, 6) is 0.466. The van der Waals surface area contributed by atoms with E-state index in [1.54, 1.807) is 16.6 Å². The second-order valence-corrected chi connectivity index (χ2v) is 13.2. The molecule has 4 aromatic carbocycles. The molecule has 48 heavy (non-hydrogen) atoms. The molecule has 1 atom stereocenters. The van der Waals surface area contributed by atoms with Gasteiger partial charge in [0, 0.05) is 52.9 Å². The minimum absolute atomic E-state index is 0.141. The van der Waals surface area contributed by atoms with E-state index in [4.69, 9.17) is 21.3 Å². The van der Waals surface area contributed by atoms with Gasteiger partial charge >= 0.3 is 0 Å². The first kappa shape index (κ1) is 31.7. The number of rotatable bonds is 8. The van der Waals surface area contributed by atoms with E-state index in [1.165, 1.54) is 11.3 Å². The Hall–Kier alpha value is -4.92. The van der Waals surface area contributed by atoms with Gasteiger partial charge in [0.2, 0.25) is 0 Å². The molecule has 0 saturated heterocycles. The Morgan fingerprint density at radius 3 is 2.44 bits per heavy atom. The molecule has 1 aliphatic heterocycles. The summed E-state index contributed by atoms with van der Waals surface area (Å²) in [6, 6.07) is 27.2. The number of carbonyl (C=O) groups excluding carboxylic acids is 1. The number of halogens is 1. The zero-order valence-electron chi connectivity index (χ0n) is 27.2. The zero-order valence-corrected chi connectivity index (χ0v) is 28.8. The number of carbonyl (C=O) groups is 1. The summed E-state index contributed by atoms with van der Waals surface area (Å²) in [5, 5.41) is 3.64. The molecule has 242 valence electrons. The van der Waals surface area contributed by atoms with Crippen LogP contribution in [0, 0.1) is 0 Å². The van der Waals surface area contributed by atoms with Gasteiger partial charge in [0.15, 0.2) is 4.80 Å². The molecular formula is C39H35ClN4O3S. The first-order valence-corrected chi connectivity index (χ1v) is 17.2. The Morgan fingerprint density at radius 2 is 1.69 bits per heavy atom. The van der Waals surface area contributed by atoms with Crippen molar-refractivity contribution < 1.29 is 9.53 Å². The van der Waals surface area contributed by atoms with E-state index in [9.17, 15) is 9.59 Å². The topological polar surface area (TPSA) is 68.8 Å². The first-order chi connectivity index (χ1) is 23.3. The molecule has 1 amide bonds. The van der Waals surface area contributed by atoms with Gasteiger partial charge in [-0.15, -0.1) is 0 Å². The van der Waals surface area contributed by atoms with Gasteiger partial charge in [0.25, 0.3) is 11.5 Å². The number of amides is 1. The van der Waals surface area contributed by atoms with Crippen LogP contribution in [0.1, 0.15) is 43.5 Å². The second-order valence-electron chi connectivity index (χ2n) is 11.8. The molecule has 0 bridgehead atoms. The van der Waals surface area contributed by atoms with Crippen LogP contribution >= 0.6 is 22.9 Å². The number of nitrogens with zero attached hydrogens (tertiary/aromatic N) is 4. The number of benzene rings is 4. The molecule has 0 unspecified atom stereocenters. The van der Waals surface area contributed by atoms with E-state index in [0.717, 1.165) is 38.4 Å². The molecule has 6 aromatic rings.